The number of hydrogen-bond acceptors (Lipinski definition) is 4. The van der Waals surface area contributed by atoms with E-state index in [1.807, 2.05) is 6.92 Å². The Morgan fingerprint density at radius 1 is 1.17 bits per heavy atom. The van der Waals surface area contributed by atoms with Gasteiger partial charge in [0.05, 0.1) is 19.8 Å². The van der Waals surface area contributed by atoms with Gasteiger partial charge in [0, 0.05) is 54.0 Å². The smallest absolute Gasteiger partial charge is 0.191 e. The molecule has 3 rings (SSSR count). The predicted molar refractivity (Wildman–Crippen MR) is 125 cm³/mol. The highest BCUT2D eigenvalue weighted by Gasteiger charge is 2.26. The van der Waals surface area contributed by atoms with Crippen LogP contribution in [0.5, 0.6) is 0 Å². The summed E-state index contributed by atoms with van der Waals surface area (Å²) in [7, 11) is -0.702. The first-order valence-corrected chi connectivity index (χ1v) is 12.9. The molecule has 0 spiro atoms. The summed E-state index contributed by atoms with van der Waals surface area (Å²) in [6.07, 6.45) is 4.32. The van der Waals surface area contributed by atoms with Crippen molar-refractivity contribution in [1.29, 1.82) is 0 Å². The Labute approximate surface area is 184 Å². The Hall–Kier alpha value is -1.44. The zero-order valence-corrected chi connectivity index (χ0v) is 19.4. The van der Waals surface area contributed by atoms with Crippen molar-refractivity contribution in [3.8, 4) is 0 Å². The molecule has 1 aromatic rings. The molecule has 168 valence electrons. The van der Waals surface area contributed by atoms with Crippen LogP contribution in [0.4, 0.5) is 0 Å². The molecule has 0 aromatic heterocycles. The van der Waals surface area contributed by atoms with Crippen LogP contribution in [-0.2, 0) is 28.6 Å². The lowest BCUT2D eigenvalue weighted by atomic mass is 9.95. The zero-order chi connectivity index (χ0) is 21.2. The molecule has 30 heavy (non-hydrogen) atoms. The number of morpholine rings is 1. The number of ether oxygens (including phenoxy) is 1. The first-order valence-electron chi connectivity index (χ1n) is 11.5. The lowest BCUT2D eigenvalue weighted by molar-refractivity contribution is 0.0342. The third-order valence-corrected chi connectivity index (χ3v) is 7.66. The minimum atomic E-state index is -0.702. The summed E-state index contributed by atoms with van der Waals surface area (Å²) in [5, 5.41) is 7.28. The predicted octanol–water partition coefficient (Wildman–Crippen LogP) is 2.65. The quantitative estimate of drug-likeness (QED) is 0.486. The number of aliphatic imine (C=N–C) groups is 1. The van der Waals surface area contributed by atoms with Gasteiger partial charge in [0.15, 0.2) is 5.96 Å². The zero-order valence-electron chi connectivity index (χ0n) is 18.6. The molecule has 0 radical (unpaired) electrons. The molecule has 3 atom stereocenters. The van der Waals surface area contributed by atoms with E-state index >= 15 is 0 Å². The molecule has 1 aliphatic heterocycles. The van der Waals surface area contributed by atoms with Crippen molar-refractivity contribution in [2.24, 2.45) is 4.99 Å². The van der Waals surface area contributed by atoms with Gasteiger partial charge in [-0.25, -0.2) is 4.99 Å². The molecular weight excluding hydrogens is 396 g/mol. The summed E-state index contributed by atoms with van der Waals surface area (Å²) in [6, 6.07) is 9.15. The summed E-state index contributed by atoms with van der Waals surface area (Å²) in [4.78, 5) is 7.24. The monoisotopic (exact) mass is 434 g/mol. The van der Waals surface area contributed by atoms with Crippen molar-refractivity contribution in [1.82, 2.24) is 15.5 Å². The lowest BCUT2D eigenvalue weighted by Crippen LogP contribution is -2.46. The highest BCUT2D eigenvalue weighted by atomic mass is 32.2. The second-order valence-electron chi connectivity index (χ2n) is 8.20. The first kappa shape index (κ1) is 23.2. The van der Waals surface area contributed by atoms with Gasteiger partial charge in [-0.15, -0.1) is 0 Å². The van der Waals surface area contributed by atoms with E-state index in [1.54, 1.807) is 0 Å². The summed E-state index contributed by atoms with van der Waals surface area (Å²) in [6.45, 7) is 10.3. The van der Waals surface area contributed by atoms with Crippen LogP contribution in [0.3, 0.4) is 0 Å². The Bertz CT molecular complexity index is 689. The van der Waals surface area contributed by atoms with Gasteiger partial charge in [-0.3, -0.25) is 9.11 Å². The Morgan fingerprint density at radius 3 is 2.60 bits per heavy atom. The minimum Gasteiger partial charge on any atom is -0.379 e. The van der Waals surface area contributed by atoms with Crippen LogP contribution in [0.2, 0.25) is 0 Å². The third-order valence-electron chi connectivity index (χ3n) is 5.92. The Morgan fingerprint density at radius 2 is 1.90 bits per heavy atom. The first-order chi connectivity index (χ1) is 14.7. The van der Waals surface area contributed by atoms with E-state index in [4.69, 9.17) is 9.73 Å². The number of benzene rings is 1. The molecule has 2 N–H and O–H groups in total. The molecule has 3 unspecified atom stereocenters. The van der Waals surface area contributed by atoms with Gasteiger partial charge in [0.1, 0.15) is 0 Å². The van der Waals surface area contributed by atoms with Crippen molar-refractivity contribution < 1.29 is 8.95 Å². The third kappa shape index (κ3) is 7.36. The van der Waals surface area contributed by atoms with Gasteiger partial charge in [-0.1, -0.05) is 37.6 Å². The fourth-order valence-corrected chi connectivity index (χ4v) is 5.55. The van der Waals surface area contributed by atoms with Crippen LogP contribution in [0.15, 0.2) is 29.3 Å². The van der Waals surface area contributed by atoms with E-state index in [2.05, 4.69) is 46.7 Å². The average molecular weight is 435 g/mol. The fraction of sp³-hybridized carbons (Fsp3) is 0.696. The number of nitrogens with zero attached hydrogens (tertiary/aromatic N) is 2. The van der Waals surface area contributed by atoms with Crippen molar-refractivity contribution >= 4 is 16.8 Å². The van der Waals surface area contributed by atoms with Crippen LogP contribution in [0, 0.1) is 0 Å². The molecule has 1 saturated heterocycles. The fourth-order valence-electron chi connectivity index (χ4n) is 4.20. The maximum atomic E-state index is 12.2. The van der Waals surface area contributed by atoms with Crippen LogP contribution in [0.1, 0.15) is 50.7 Å². The molecule has 1 aromatic carbocycles. The Kier molecular flexibility index (Phi) is 9.62. The molecular formula is C23H38N4O2S. The minimum absolute atomic E-state index is 0.322. The van der Waals surface area contributed by atoms with Crippen LogP contribution < -0.4 is 10.6 Å². The number of rotatable bonds is 8. The lowest BCUT2D eigenvalue weighted by Gasteiger charge is -2.30. The van der Waals surface area contributed by atoms with Crippen LogP contribution in [0.25, 0.3) is 0 Å². The van der Waals surface area contributed by atoms with E-state index in [0.29, 0.717) is 17.8 Å². The summed E-state index contributed by atoms with van der Waals surface area (Å²) >= 11 is 0. The molecule has 7 heteroatoms. The molecule has 1 heterocycles. The van der Waals surface area contributed by atoms with Gasteiger partial charge in [0.2, 0.25) is 0 Å². The second-order valence-corrected chi connectivity index (χ2v) is 10.2. The topological polar surface area (TPSA) is 66.0 Å². The van der Waals surface area contributed by atoms with Crippen molar-refractivity contribution in [2.45, 2.75) is 63.9 Å². The number of hydrogen-bond donors (Lipinski definition) is 2. The van der Waals surface area contributed by atoms with E-state index in [9.17, 15) is 4.21 Å². The molecule has 0 amide bonds. The second kappa shape index (κ2) is 12.4. The average Bonchev–Trinajstić information content (AvgIpc) is 2.79. The van der Waals surface area contributed by atoms with Gasteiger partial charge in [0.25, 0.3) is 0 Å². The molecule has 1 aliphatic carbocycles. The van der Waals surface area contributed by atoms with Crippen LogP contribution in [-0.4, -0.2) is 65.0 Å². The Balaban J connectivity index is 1.53. The van der Waals surface area contributed by atoms with E-state index in [1.165, 1.54) is 11.1 Å². The van der Waals surface area contributed by atoms with Crippen LogP contribution >= 0.6 is 0 Å². The van der Waals surface area contributed by atoms with Gasteiger partial charge < -0.3 is 15.4 Å². The molecule has 2 aliphatic rings. The van der Waals surface area contributed by atoms with E-state index in [-0.39, 0.29) is 0 Å². The van der Waals surface area contributed by atoms with E-state index in [0.717, 1.165) is 76.8 Å². The maximum Gasteiger partial charge on any atom is 0.191 e. The highest BCUT2D eigenvalue weighted by molar-refractivity contribution is 7.85. The standard InChI is InChI=1S/C23H38N4O2S/c1-3-24-23(26-21-6-5-7-22(16-21)30(28)4-2)25-17-19-8-10-20(11-9-19)18-27-12-14-29-15-13-27/h8-11,21-22H,3-7,12-18H2,1-2H3,(H2,24,25,26). The van der Waals surface area contributed by atoms with Gasteiger partial charge in [-0.05, 0) is 37.3 Å². The molecule has 2 fully saturated rings. The summed E-state index contributed by atoms with van der Waals surface area (Å²) in [5.41, 5.74) is 2.55. The normalized spacial score (nSPS) is 24.4. The molecule has 6 nitrogen and oxygen atoms in total. The van der Waals surface area contributed by atoms with Gasteiger partial charge >= 0.3 is 0 Å². The summed E-state index contributed by atoms with van der Waals surface area (Å²) < 4.78 is 17.6. The number of nitrogens with one attached hydrogen (secondary N) is 2. The van der Waals surface area contributed by atoms with Crippen molar-refractivity contribution in [3.05, 3.63) is 35.4 Å². The largest absolute Gasteiger partial charge is 0.379 e. The van der Waals surface area contributed by atoms with Crippen molar-refractivity contribution in [3.63, 3.8) is 0 Å². The number of guanidine groups is 1. The molecule has 1 saturated carbocycles. The van der Waals surface area contributed by atoms with E-state index < -0.39 is 10.8 Å². The maximum absolute atomic E-state index is 12.2. The highest BCUT2D eigenvalue weighted by Crippen LogP contribution is 2.23. The summed E-state index contributed by atoms with van der Waals surface area (Å²) in [5.74, 6) is 1.62. The van der Waals surface area contributed by atoms with Gasteiger partial charge in [-0.2, -0.15) is 0 Å². The van der Waals surface area contributed by atoms with Crippen molar-refractivity contribution in [2.75, 3.05) is 38.6 Å². The molecule has 0 bridgehead atoms. The SMILES string of the molecule is CCNC(=NCc1ccc(CN2CCOCC2)cc1)NC1CCCC(S(=O)CC)C1.